The second-order valence-corrected chi connectivity index (χ2v) is 8.33. The summed E-state index contributed by atoms with van der Waals surface area (Å²) in [6.07, 6.45) is 3.79. The zero-order chi connectivity index (χ0) is 24.4. The van der Waals surface area contributed by atoms with Gasteiger partial charge in [-0.3, -0.25) is 14.6 Å². The molecule has 5 rings (SSSR count). The third-order valence-corrected chi connectivity index (χ3v) is 6.03. The number of hydrogen-bond acceptors (Lipinski definition) is 3. The summed E-state index contributed by atoms with van der Waals surface area (Å²) in [5.41, 5.74) is 8.52. The molecule has 1 amide bonds. The van der Waals surface area contributed by atoms with Crippen molar-refractivity contribution in [1.82, 2.24) is 9.97 Å². The van der Waals surface area contributed by atoms with Crippen LogP contribution in [0.25, 0.3) is 10.9 Å². The lowest BCUT2D eigenvalue weighted by molar-refractivity contribution is 0.0997. The summed E-state index contributed by atoms with van der Waals surface area (Å²) in [7, 11) is 0. The van der Waals surface area contributed by atoms with E-state index in [0.717, 1.165) is 42.1 Å². The van der Waals surface area contributed by atoms with Crippen LogP contribution in [0.4, 0.5) is 13.2 Å². The Morgan fingerprint density at radius 3 is 2.59 bits per heavy atom. The van der Waals surface area contributed by atoms with Gasteiger partial charge in [0.25, 0.3) is 5.91 Å². The zero-order valence-electron chi connectivity index (χ0n) is 17.7. The molecule has 0 fully saturated rings. The summed E-state index contributed by atoms with van der Waals surface area (Å²) in [5.74, 6) is -2.71. The second kappa shape index (κ2) is 9.69. The predicted molar refractivity (Wildman–Crippen MR) is 123 cm³/mol. The number of fused-ring (bicyclic) bond motifs is 2. The first-order chi connectivity index (χ1) is 16.2. The maximum Gasteiger partial charge on any atom is 0.268 e. The maximum absolute atomic E-state index is 13.4. The van der Waals surface area contributed by atoms with E-state index in [-0.39, 0.29) is 33.3 Å². The number of H-pyrrole nitrogens is 1. The lowest BCUT2D eigenvalue weighted by Crippen LogP contribution is -2.20. The molecule has 1 aliphatic rings. The Bertz CT molecular complexity index is 1440. The molecular formula is C25H19ClF3N3O2. The van der Waals surface area contributed by atoms with Crippen LogP contribution in [0, 0.1) is 17.5 Å². The van der Waals surface area contributed by atoms with Gasteiger partial charge in [-0.25, -0.2) is 13.2 Å². The van der Waals surface area contributed by atoms with Crippen LogP contribution in [0.1, 0.15) is 39.6 Å². The number of halogens is 4. The molecule has 0 bridgehead atoms. The third kappa shape index (κ3) is 4.82. The van der Waals surface area contributed by atoms with E-state index in [4.69, 9.17) is 17.3 Å². The van der Waals surface area contributed by atoms with E-state index in [0.29, 0.717) is 5.52 Å². The maximum atomic E-state index is 13.4. The molecule has 0 aliphatic heterocycles. The molecule has 0 unspecified atom stereocenters. The molecule has 174 valence electrons. The number of carbonyl (C=O) groups is 1. The highest BCUT2D eigenvalue weighted by atomic mass is 35.5. The Kier molecular flexibility index (Phi) is 6.70. The number of nitrogens with one attached hydrogen (secondary N) is 1. The molecule has 3 N–H and O–H groups in total. The van der Waals surface area contributed by atoms with Gasteiger partial charge < -0.3 is 10.7 Å². The van der Waals surface area contributed by atoms with Gasteiger partial charge in [0.1, 0.15) is 11.5 Å². The fraction of sp³-hybridized carbons (Fsp3) is 0.160. The number of nitrogens with two attached hydrogens (primary N) is 1. The molecule has 1 atom stereocenters. The van der Waals surface area contributed by atoms with Gasteiger partial charge in [0.05, 0.1) is 15.9 Å². The average Bonchev–Trinajstić information content (AvgIpc) is 2.82. The lowest BCUT2D eigenvalue weighted by Gasteiger charge is -2.25. The number of aromatic amines is 1. The first kappa shape index (κ1) is 23.5. The Morgan fingerprint density at radius 2 is 1.88 bits per heavy atom. The Hall–Kier alpha value is -3.65. The highest BCUT2D eigenvalue weighted by molar-refractivity contribution is 6.30. The van der Waals surface area contributed by atoms with Crippen LogP contribution < -0.4 is 11.2 Å². The molecular weight excluding hydrogens is 467 g/mol. The number of hydrogen-bond donors (Lipinski definition) is 2. The van der Waals surface area contributed by atoms with Crippen LogP contribution in [0.3, 0.4) is 0 Å². The number of pyridine rings is 2. The van der Waals surface area contributed by atoms with Crippen molar-refractivity contribution >= 4 is 28.4 Å². The van der Waals surface area contributed by atoms with Crippen LogP contribution >= 0.6 is 11.6 Å². The van der Waals surface area contributed by atoms with Crippen LogP contribution in [0.15, 0.2) is 59.5 Å². The number of benzene rings is 2. The molecule has 0 saturated carbocycles. The number of nitrogens with zero attached hydrogens (tertiary/aromatic N) is 1. The number of carbonyl (C=O) groups excluding carboxylic acids is 1. The Labute approximate surface area is 197 Å². The summed E-state index contributed by atoms with van der Waals surface area (Å²) in [5, 5.41) is 0.0343. The van der Waals surface area contributed by atoms with Gasteiger partial charge in [-0.2, -0.15) is 0 Å². The van der Waals surface area contributed by atoms with Crippen molar-refractivity contribution < 1.29 is 18.0 Å². The monoisotopic (exact) mass is 485 g/mol. The number of aromatic nitrogens is 2. The molecule has 4 aromatic rings. The van der Waals surface area contributed by atoms with Crippen molar-refractivity contribution in [1.29, 1.82) is 0 Å². The standard InChI is InChI=1S/C19H16FN3O2.C6H3ClF2/c20-13-4-3-10-7-12(2-1-11(10)8-13)15-9-16(24)17-14(23-15)5-6-22-18(17)19(21)25;7-4-2-1-3-5(8)6(4)9/h3-6,8-9,12H,1-2,7H2,(H2,21,25)(H,23,24);1-3H/t12-;/m0./s1. The molecule has 9 heteroatoms. The minimum Gasteiger partial charge on any atom is -0.364 e. The summed E-state index contributed by atoms with van der Waals surface area (Å²) in [6.45, 7) is 0. The van der Waals surface area contributed by atoms with Crippen LogP contribution in [0.2, 0.25) is 5.02 Å². The predicted octanol–water partition coefficient (Wildman–Crippen LogP) is 5.05. The molecule has 34 heavy (non-hydrogen) atoms. The zero-order valence-corrected chi connectivity index (χ0v) is 18.5. The van der Waals surface area contributed by atoms with Gasteiger partial charge >= 0.3 is 0 Å². The number of aryl methyl sites for hydroxylation is 1. The van der Waals surface area contributed by atoms with Crippen molar-refractivity contribution in [3.05, 3.63) is 110 Å². The van der Waals surface area contributed by atoms with Gasteiger partial charge in [0.15, 0.2) is 17.1 Å². The molecule has 0 radical (unpaired) electrons. The molecule has 2 aromatic carbocycles. The van der Waals surface area contributed by atoms with Gasteiger partial charge in [-0.05, 0) is 60.7 Å². The summed E-state index contributed by atoms with van der Waals surface area (Å²) < 4.78 is 37.7. The van der Waals surface area contributed by atoms with Crippen molar-refractivity contribution in [2.45, 2.75) is 25.2 Å². The number of amides is 1. The summed E-state index contributed by atoms with van der Waals surface area (Å²) >= 11 is 5.20. The normalized spacial score (nSPS) is 14.8. The van der Waals surface area contributed by atoms with E-state index in [1.807, 2.05) is 6.07 Å². The van der Waals surface area contributed by atoms with Crippen LogP contribution in [0.5, 0.6) is 0 Å². The molecule has 0 spiro atoms. The molecule has 1 aliphatic carbocycles. The van der Waals surface area contributed by atoms with Gasteiger partial charge in [0, 0.05) is 23.9 Å². The van der Waals surface area contributed by atoms with E-state index >= 15 is 0 Å². The highest BCUT2D eigenvalue weighted by Crippen LogP contribution is 2.32. The van der Waals surface area contributed by atoms with Crippen molar-refractivity contribution in [2.24, 2.45) is 5.73 Å². The van der Waals surface area contributed by atoms with Crippen molar-refractivity contribution in [2.75, 3.05) is 0 Å². The van der Waals surface area contributed by atoms with E-state index < -0.39 is 17.5 Å². The number of rotatable bonds is 2. The van der Waals surface area contributed by atoms with E-state index in [2.05, 4.69) is 9.97 Å². The second-order valence-electron chi connectivity index (χ2n) is 7.92. The van der Waals surface area contributed by atoms with Crippen molar-refractivity contribution in [3.63, 3.8) is 0 Å². The van der Waals surface area contributed by atoms with Gasteiger partial charge in [0.2, 0.25) is 0 Å². The van der Waals surface area contributed by atoms with Gasteiger partial charge in [-0.1, -0.05) is 23.7 Å². The quantitative estimate of drug-likeness (QED) is 0.389. The fourth-order valence-corrected chi connectivity index (χ4v) is 4.26. The minimum absolute atomic E-state index is 0.0187. The van der Waals surface area contributed by atoms with E-state index in [9.17, 15) is 22.8 Å². The lowest BCUT2D eigenvalue weighted by atomic mass is 9.82. The third-order valence-electron chi connectivity index (χ3n) is 5.74. The molecule has 5 nitrogen and oxygen atoms in total. The summed E-state index contributed by atoms with van der Waals surface area (Å²) in [6, 6.07) is 11.7. The Morgan fingerprint density at radius 1 is 1.09 bits per heavy atom. The first-order valence-corrected chi connectivity index (χ1v) is 10.8. The van der Waals surface area contributed by atoms with E-state index in [1.165, 1.54) is 30.5 Å². The largest absolute Gasteiger partial charge is 0.364 e. The number of primary amides is 1. The summed E-state index contributed by atoms with van der Waals surface area (Å²) in [4.78, 5) is 31.2. The minimum atomic E-state index is -0.987. The van der Waals surface area contributed by atoms with Crippen molar-refractivity contribution in [3.8, 4) is 0 Å². The van der Waals surface area contributed by atoms with Crippen LogP contribution in [-0.2, 0) is 12.8 Å². The fourth-order valence-electron chi connectivity index (χ4n) is 4.09. The van der Waals surface area contributed by atoms with Gasteiger partial charge in [-0.15, -0.1) is 0 Å². The van der Waals surface area contributed by atoms with Crippen LogP contribution in [-0.4, -0.2) is 15.9 Å². The molecule has 0 saturated heterocycles. The van der Waals surface area contributed by atoms with E-state index in [1.54, 1.807) is 12.1 Å². The first-order valence-electron chi connectivity index (χ1n) is 10.4. The smallest absolute Gasteiger partial charge is 0.268 e. The SMILES string of the molecule is Fc1cccc(Cl)c1F.NC(=O)c1nccc2[nH]c([C@H]3CCc4cc(F)ccc4C3)cc(=O)c12. The highest BCUT2D eigenvalue weighted by Gasteiger charge is 2.22. The molecule has 2 heterocycles. The topological polar surface area (TPSA) is 88.8 Å². The average molecular weight is 486 g/mol. The molecule has 2 aromatic heterocycles. The Balaban J connectivity index is 0.000000257.